The number of tetrazole rings is 1. The highest BCUT2D eigenvalue weighted by atomic mass is 35.5. The average molecular weight is 457 g/mol. The van der Waals surface area contributed by atoms with Crippen molar-refractivity contribution in [3.8, 4) is 5.69 Å². The molecule has 0 saturated heterocycles. The number of ether oxygens (including phenoxy) is 1. The number of benzene rings is 2. The number of amides is 1. The second-order valence-corrected chi connectivity index (χ2v) is 8.56. The van der Waals surface area contributed by atoms with Crippen molar-refractivity contribution in [2.24, 2.45) is 0 Å². The highest BCUT2D eigenvalue weighted by Crippen LogP contribution is 2.23. The minimum absolute atomic E-state index is 0.113. The summed E-state index contributed by atoms with van der Waals surface area (Å²) in [5, 5.41) is 17.3. The van der Waals surface area contributed by atoms with E-state index in [1.807, 2.05) is 30.3 Å². The first-order valence-corrected chi connectivity index (χ1v) is 10.4. The van der Waals surface area contributed by atoms with Gasteiger partial charge in [-0.15, -0.1) is 5.10 Å². The summed E-state index contributed by atoms with van der Waals surface area (Å²) in [5.41, 5.74) is 1.30. The van der Waals surface area contributed by atoms with Crippen LogP contribution in [0.1, 0.15) is 26.3 Å². The normalized spacial score (nSPS) is 12.2. The van der Waals surface area contributed by atoms with Crippen LogP contribution in [0, 0.1) is 0 Å². The zero-order chi connectivity index (χ0) is 23.1. The summed E-state index contributed by atoms with van der Waals surface area (Å²) < 4.78 is 6.95. The van der Waals surface area contributed by atoms with Crippen LogP contribution in [0.5, 0.6) is 0 Å². The third-order valence-electron chi connectivity index (χ3n) is 4.31. The van der Waals surface area contributed by atoms with Crippen LogP contribution in [0.25, 0.3) is 5.69 Å². The van der Waals surface area contributed by atoms with Crippen LogP contribution >= 0.6 is 11.6 Å². The van der Waals surface area contributed by atoms with Crippen molar-refractivity contribution in [2.45, 2.75) is 38.8 Å². The Morgan fingerprint density at radius 1 is 1.16 bits per heavy atom. The van der Waals surface area contributed by atoms with Gasteiger partial charge in [0.1, 0.15) is 18.0 Å². The second kappa shape index (κ2) is 10.3. The summed E-state index contributed by atoms with van der Waals surface area (Å²) >= 11 is 6.09. The molecule has 1 unspecified atom stereocenters. The predicted molar refractivity (Wildman–Crippen MR) is 121 cm³/mol. The Morgan fingerprint density at radius 2 is 1.91 bits per heavy atom. The Kier molecular flexibility index (Phi) is 7.55. The summed E-state index contributed by atoms with van der Waals surface area (Å²) in [7, 11) is 0. The number of carbonyl (C=O) groups is 2. The second-order valence-electron chi connectivity index (χ2n) is 8.12. The van der Waals surface area contributed by atoms with E-state index in [1.165, 1.54) is 11.0 Å². The monoisotopic (exact) mass is 456 g/mol. The molecule has 2 aromatic carbocycles. The molecule has 0 radical (unpaired) electrons. The van der Waals surface area contributed by atoms with Gasteiger partial charge in [0, 0.05) is 5.02 Å². The molecule has 0 aliphatic rings. The van der Waals surface area contributed by atoms with E-state index in [-0.39, 0.29) is 12.5 Å². The van der Waals surface area contributed by atoms with Crippen molar-refractivity contribution in [3.63, 3.8) is 0 Å². The van der Waals surface area contributed by atoms with E-state index < -0.39 is 17.6 Å². The van der Waals surface area contributed by atoms with Gasteiger partial charge in [-0.2, -0.15) is 4.68 Å². The standard InChI is InChI=1S/C22H25ClN6O3/c1-22(2,3)32-21(31)18(11-15-7-5-4-6-8-15)24-13-20(30)26-17-12-16(23)9-10-19(17)29-14-25-27-28-29/h4-10,12,14,18,24H,11,13H2,1-3H3,(H,26,30). The smallest absolute Gasteiger partial charge is 0.324 e. The molecular weight excluding hydrogens is 432 g/mol. The van der Waals surface area contributed by atoms with Crippen molar-refractivity contribution >= 4 is 29.2 Å². The number of rotatable bonds is 8. The molecular formula is C22H25ClN6O3. The van der Waals surface area contributed by atoms with Gasteiger partial charge in [-0.05, 0) is 61.4 Å². The number of aromatic nitrogens is 4. The van der Waals surface area contributed by atoms with Gasteiger partial charge in [-0.1, -0.05) is 41.9 Å². The quantitative estimate of drug-likeness (QED) is 0.501. The van der Waals surface area contributed by atoms with Crippen molar-refractivity contribution in [2.75, 3.05) is 11.9 Å². The van der Waals surface area contributed by atoms with E-state index in [0.29, 0.717) is 22.8 Å². The maximum absolute atomic E-state index is 12.7. The Bertz CT molecular complexity index is 1050. The zero-order valence-corrected chi connectivity index (χ0v) is 18.8. The molecule has 0 aliphatic heterocycles. The molecule has 0 bridgehead atoms. The largest absolute Gasteiger partial charge is 0.459 e. The van der Waals surface area contributed by atoms with Crippen molar-refractivity contribution < 1.29 is 14.3 Å². The van der Waals surface area contributed by atoms with E-state index in [0.717, 1.165) is 5.56 Å². The van der Waals surface area contributed by atoms with Gasteiger partial charge in [-0.3, -0.25) is 14.9 Å². The molecule has 3 aromatic rings. The molecule has 3 rings (SSSR count). The van der Waals surface area contributed by atoms with Crippen molar-refractivity contribution in [3.05, 3.63) is 65.4 Å². The first-order chi connectivity index (χ1) is 15.2. The molecule has 0 spiro atoms. The van der Waals surface area contributed by atoms with Crippen LogP contribution in [0.3, 0.4) is 0 Å². The lowest BCUT2D eigenvalue weighted by molar-refractivity contribution is -0.157. The lowest BCUT2D eigenvalue weighted by Gasteiger charge is -2.24. The number of hydrogen-bond acceptors (Lipinski definition) is 7. The Balaban J connectivity index is 1.70. The first kappa shape index (κ1) is 23.4. The van der Waals surface area contributed by atoms with E-state index in [2.05, 4.69) is 26.2 Å². The maximum Gasteiger partial charge on any atom is 0.324 e. The number of nitrogens with one attached hydrogen (secondary N) is 2. The van der Waals surface area contributed by atoms with Crippen LogP contribution < -0.4 is 10.6 Å². The molecule has 1 amide bonds. The van der Waals surface area contributed by atoms with Crippen LogP contribution in [0.15, 0.2) is 54.9 Å². The van der Waals surface area contributed by atoms with Crippen LogP contribution in [-0.2, 0) is 20.7 Å². The molecule has 1 heterocycles. The van der Waals surface area contributed by atoms with Crippen molar-refractivity contribution in [1.82, 2.24) is 25.5 Å². The minimum Gasteiger partial charge on any atom is -0.459 e. The van der Waals surface area contributed by atoms with Gasteiger partial charge >= 0.3 is 5.97 Å². The molecule has 32 heavy (non-hydrogen) atoms. The van der Waals surface area contributed by atoms with Gasteiger partial charge in [0.2, 0.25) is 5.91 Å². The van der Waals surface area contributed by atoms with E-state index in [1.54, 1.807) is 39.0 Å². The third-order valence-corrected chi connectivity index (χ3v) is 4.55. The van der Waals surface area contributed by atoms with Gasteiger partial charge in [0.05, 0.1) is 17.9 Å². The number of nitrogens with zero attached hydrogens (tertiary/aromatic N) is 4. The van der Waals surface area contributed by atoms with Gasteiger partial charge in [-0.25, -0.2) is 0 Å². The number of hydrogen-bond donors (Lipinski definition) is 2. The predicted octanol–water partition coefficient (Wildman–Crippen LogP) is 2.80. The molecule has 0 aliphatic carbocycles. The summed E-state index contributed by atoms with van der Waals surface area (Å²) in [6.07, 6.45) is 1.80. The van der Waals surface area contributed by atoms with Gasteiger partial charge < -0.3 is 10.1 Å². The molecule has 2 N–H and O–H groups in total. The highest BCUT2D eigenvalue weighted by molar-refractivity contribution is 6.31. The third kappa shape index (κ3) is 6.86. The molecule has 0 saturated carbocycles. The molecule has 9 nitrogen and oxygen atoms in total. The average Bonchev–Trinajstić information content (AvgIpc) is 3.25. The Hall–Kier alpha value is -3.30. The molecule has 1 aromatic heterocycles. The Labute approximate surface area is 191 Å². The summed E-state index contributed by atoms with van der Waals surface area (Å²) in [4.78, 5) is 25.4. The van der Waals surface area contributed by atoms with Gasteiger partial charge in [0.15, 0.2) is 0 Å². The molecule has 10 heteroatoms. The molecule has 0 fully saturated rings. The molecule has 1 atom stereocenters. The molecule has 168 valence electrons. The lowest BCUT2D eigenvalue weighted by Crippen LogP contribution is -2.45. The van der Waals surface area contributed by atoms with E-state index >= 15 is 0 Å². The fraction of sp³-hybridized carbons (Fsp3) is 0.318. The summed E-state index contributed by atoms with van der Waals surface area (Å²) in [6, 6.07) is 13.8. The fourth-order valence-corrected chi connectivity index (χ4v) is 3.12. The lowest BCUT2D eigenvalue weighted by atomic mass is 10.1. The van der Waals surface area contributed by atoms with E-state index in [9.17, 15) is 9.59 Å². The van der Waals surface area contributed by atoms with Gasteiger partial charge in [0.25, 0.3) is 0 Å². The number of anilines is 1. The zero-order valence-electron chi connectivity index (χ0n) is 18.1. The van der Waals surface area contributed by atoms with Crippen molar-refractivity contribution in [1.29, 1.82) is 0 Å². The summed E-state index contributed by atoms with van der Waals surface area (Å²) in [5.74, 6) is -0.783. The van der Waals surface area contributed by atoms with Crippen LogP contribution in [0.4, 0.5) is 5.69 Å². The first-order valence-electron chi connectivity index (χ1n) is 10.0. The van der Waals surface area contributed by atoms with Crippen LogP contribution in [0.2, 0.25) is 5.02 Å². The fourth-order valence-electron chi connectivity index (χ4n) is 2.95. The number of halogens is 1. The van der Waals surface area contributed by atoms with E-state index in [4.69, 9.17) is 16.3 Å². The number of esters is 1. The maximum atomic E-state index is 12.7. The Morgan fingerprint density at radius 3 is 2.56 bits per heavy atom. The topological polar surface area (TPSA) is 111 Å². The van der Waals surface area contributed by atoms with Crippen LogP contribution in [-0.4, -0.2) is 50.3 Å². The SMILES string of the molecule is CC(C)(C)OC(=O)C(Cc1ccccc1)NCC(=O)Nc1cc(Cl)ccc1-n1cnnn1. The number of carbonyl (C=O) groups excluding carboxylic acids is 2. The minimum atomic E-state index is -0.694. The highest BCUT2D eigenvalue weighted by Gasteiger charge is 2.26. The summed E-state index contributed by atoms with van der Waals surface area (Å²) in [6.45, 7) is 5.29.